The van der Waals surface area contributed by atoms with Crippen LogP contribution in [-0.4, -0.2) is 46.0 Å². The van der Waals surface area contributed by atoms with Gasteiger partial charge in [-0.25, -0.2) is 0 Å². The predicted octanol–water partition coefficient (Wildman–Crippen LogP) is 1.76. The fourth-order valence-electron chi connectivity index (χ4n) is 2.73. The van der Waals surface area contributed by atoms with E-state index in [-0.39, 0.29) is 6.10 Å². The maximum atomic E-state index is 5.52. The number of fused-ring (bicyclic) bond motifs is 1. The third-order valence-electron chi connectivity index (χ3n) is 3.72. The number of hydrogen-bond acceptors (Lipinski definition) is 6. The molecule has 2 unspecified atom stereocenters. The molecule has 0 bridgehead atoms. The summed E-state index contributed by atoms with van der Waals surface area (Å²) in [5.74, 6) is 1.42. The molecule has 2 atom stereocenters. The van der Waals surface area contributed by atoms with E-state index in [2.05, 4.69) is 30.8 Å². The summed E-state index contributed by atoms with van der Waals surface area (Å²) in [4.78, 5) is 8.93. The number of H-pyrrole nitrogens is 1. The lowest BCUT2D eigenvalue weighted by Crippen LogP contribution is -2.30. The molecule has 1 aliphatic rings. The van der Waals surface area contributed by atoms with Crippen LogP contribution in [0, 0.1) is 0 Å². The van der Waals surface area contributed by atoms with Crippen LogP contribution in [-0.2, 0) is 4.74 Å². The van der Waals surface area contributed by atoms with Crippen molar-refractivity contribution in [3.05, 3.63) is 6.20 Å². The number of ether oxygens (including phenoxy) is 1. The second-order valence-corrected chi connectivity index (χ2v) is 5.01. The fourth-order valence-corrected chi connectivity index (χ4v) is 2.73. The molecule has 1 fully saturated rings. The maximum absolute atomic E-state index is 5.52. The van der Waals surface area contributed by atoms with Crippen LogP contribution in [0.4, 0.5) is 11.8 Å². The van der Waals surface area contributed by atoms with Gasteiger partial charge in [-0.2, -0.15) is 15.1 Å². The van der Waals surface area contributed by atoms with Gasteiger partial charge in [0.25, 0.3) is 0 Å². The Balaban J connectivity index is 1.90. The van der Waals surface area contributed by atoms with Gasteiger partial charge in [-0.1, -0.05) is 0 Å². The smallest absolute Gasteiger partial charge is 0.226 e. The number of nitrogens with one attached hydrogen (secondary N) is 3. The maximum Gasteiger partial charge on any atom is 0.226 e. The molecule has 108 valence electrons. The van der Waals surface area contributed by atoms with Gasteiger partial charge in [0.15, 0.2) is 5.65 Å². The van der Waals surface area contributed by atoms with E-state index < -0.39 is 0 Å². The molecular weight excluding hydrogens is 256 g/mol. The Morgan fingerprint density at radius 2 is 2.30 bits per heavy atom. The topological polar surface area (TPSA) is 87.8 Å². The van der Waals surface area contributed by atoms with E-state index >= 15 is 0 Å². The van der Waals surface area contributed by atoms with Crippen LogP contribution < -0.4 is 10.6 Å². The SMILES string of the molecule is CCNc1nc(NC2CCCC2OC)c2cn[nH]c2n1. The van der Waals surface area contributed by atoms with Crippen LogP contribution in [0.5, 0.6) is 0 Å². The molecule has 0 aromatic carbocycles. The molecule has 2 aromatic heterocycles. The Hall–Kier alpha value is -1.89. The molecule has 3 N–H and O–H groups in total. The van der Waals surface area contributed by atoms with Crippen LogP contribution in [0.1, 0.15) is 26.2 Å². The van der Waals surface area contributed by atoms with E-state index in [1.165, 1.54) is 6.42 Å². The summed E-state index contributed by atoms with van der Waals surface area (Å²) >= 11 is 0. The zero-order chi connectivity index (χ0) is 13.9. The number of aromatic nitrogens is 4. The Morgan fingerprint density at radius 3 is 3.10 bits per heavy atom. The van der Waals surface area contributed by atoms with Crippen LogP contribution >= 0.6 is 0 Å². The molecule has 7 nitrogen and oxygen atoms in total. The van der Waals surface area contributed by atoms with Gasteiger partial charge in [-0.05, 0) is 26.2 Å². The van der Waals surface area contributed by atoms with Gasteiger partial charge in [0.1, 0.15) is 5.82 Å². The normalized spacial score (nSPS) is 22.3. The van der Waals surface area contributed by atoms with Crippen molar-refractivity contribution >= 4 is 22.8 Å². The molecule has 3 rings (SSSR count). The molecule has 2 aromatic rings. The number of aromatic amines is 1. The lowest BCUT2D eigenvalue weighted by Gasteiger charge is -2.20. The number of anilines is 2. The first kappa shape index (κ1) is 13.1. The van der Waals surface area contributed by atoms with Gasteiger partial charge in [-0.15, -0.1) is 0 Å². The van der Waals surface area contributed by atoms with Crippen molar-refractivity contribution in [2.45, 2.75) is 38.3 Å². The van der Waals surface area contributed by atoms with E-state index in [9.17, 15) is 0 Å². The average Bonchev–Trinajstić information content (AvgIpc) is 3.07. The van der Waals surface area contributed by atoms with Crippen molar-refractivity contribution in [1.82, 2.24) is 20.2 Å². The van der Waals surface area contributed by atoms with Gasteiger partial charge in [0.2, 0.25) is 5.95 Å². The van der Waals surface area contributed by atoms with E-state index in [0.717, 1.165) is 36.2 Å². The average molecular weight is 276 g/mol. The van der Waals surface area contributed by atoms with E-state index in [1.807, 2.05) is 6.92 Å². The summed E-state index contributed by atoms with van der Waals surface area (Å²) in [7, 11) is 1.77. The van der Waals surface area contributed by atoms with Crippen molar-refractivity contribution < 1.29 is 4.74 Å². The summed E-state index contributed by atoms with van der Waals surface area (Å²) in [5, 5.41) is 14.5. The lowest BCUT2D eigenvalue weighted by atomic mass is 10.2. The molecule has 0 spiro atoms. The first-order valence-corrected chi connectivity index (χ1v) is 7.06. The zero-order valence-electron chi connectivity index (χ0n) is 11.8. The molecular formula is C13H20N6O. The zero-order valence-corrected chi connectivity index (χ0v) is 11.8. The monoisotopic (exact) mass is 276 g/mol. The minimum Gasteiger partial charge on any atom is -0.379 e. The summed E-state index contributed by atoms with van der Waals surface area (Å²) in [5.41, 5.74) is 0.741. The minimum absolute atomic E-state index is 0.245. The second-order valence-electron chi connectivity index (χ2n) is 5.01. The lowest BCUT2D eigenvalue weighted by molar-refractivity contribution is 0.101. The molecule has 0 aliphatic heterocycles. The van der Waals surface area contributed by atoms with E-state index in [1.54, 1.807) is 13.3 Å². The Labute approximate surface area is 117 Å². The Bertz CT molecular complexity index is 583. The van der Waals surface area contributed by atoms with Crippen molar-refractivity contribution in [2.24, 2.45) is 0 Å². The van der Waals surface area contributed by atoms with Crippen LogP contribution in [0.2, 0.25) is 0 Å². The second kappa shape index (κ2) is 5.62. The number of nitrogens with zero attached hydrogens (tertiary/aromatic N) is 3. The summed E-state index contributed by atoms with van der Waals surface area (Å²) in [6, 6.07) is 0.294. The molecule has 0 amide bonds. The van der Waals surface area contributed by atoms with Gasteiger partial charge >= 0.3 is 0 Å². The van der Waals surface area contributed by atoms with Crippen molar-refractivity contribution in [2.75, 3.05) is 24.3 Å². The number of methoxy groups -OCH3 is 1. The molecule has 20 heavy (non-hydrogen) atoms. The summed E-state index contributed by atoms with van der Waals surface area (Å²) < 4.78 is 5.52. The van der Waals surface area contributed by atoms with Crippen molar-refractivity contribution in [3.63, 3.8) is 0 Å². The standard InChI is InChI=1S/C13H20N6O/c1-3-14-13-17-11(8-7-15-19-12(8)18-13)16-9-5-4-6-10(9)20-2/h7,9-10H,3-6H2,1-2H3,(H3,14,15,16,17,18,19). The third kappa shape index (κ3) is 2.40. The Kier molecular flexibility index (Phi) is 3.68. The molecule has 2 heterocycles. The highest BCUT2D eigenvalue weighted by molar-refractivity contribution is 5.87. The third-order valence-corrected chi connectivity index (χ3v) is 3.72. The minimum atomic E-state index is 0.245. The van der Waals surface area contributed by atoms with Crippen LogP contribution in [0.25, 0.3) is 11.0 Å². The predicted molar refractivity (Wildman–Crippen MR) is 77.9 cm³/mol. The first-order valence-electron chi connectivity index (χ1n) is 7.06. The van der Waals surface area contributed by atoms with Crippen molar-refractivity contribution in [3.8, 4) is 0 Å². The van der Waals surface area contributed by atoms with Gasteiger partial charge < -0.3 is 15.4 Å². The first-order chi connectivity index (χ1) is 9.81. The summed E-state index contributed by atoms with van der Waals surface area (Å²) in [6.45, 7) is 2.80. The van der Waals surface area contributed by atoms with Gasteiger partial charge in [0, 0.05) is 13.7 Å². The molecule has 7 heteroatoms. The van der Waals surface area contributed by atoms with Gasteiger partial charge in [0.05, 0.1) is 23.7 Å². The summed E-state index contributed by atoms with van der Waals surface area (Å²) in [6.07, 6.45) is 5.36. The fraction of sp³-hybridized carbons (Fsp3) is 0.615. The van der Waals surface area contributed by atoms with E-state index in [0.29, 0.717) is 12.0 Å². The molecule has 0 radical (unpaired) electrons. The highest BCUT2D eigenvalue weighted by atomic mass is 16.5. The number of hydrogen-bond donors (Lipinski definition) is 3. The van der Waals surface area contributed by atoms with E-state index in [4.69, 9.17) is 4.74 Å². The van der Waals surface area contributed by atoms with Crippen LogP contribution in [0.3, 0.4) is 0 Å². The molecule has 1 saturated carbocycles. The van der Waals surface area contributed by atoms with Crippen molar-refractivity contribution in [1.29, 1.82) is 0 Å². The largest absolute Gasteiger partial charge is 0.379 e. The number of rotatable bonds is 5. The highest BCUT2D eigenvalue weighted by Gasteiger charge is 2.28. The highest BCUT2D eigenvalue weighted by Crippen LogP contribution is 2.27. The molecule has 1 aliphatic carbocycles. The molecule has 0 saturated heterocycles. The van der Waals surface area contributed by atoms with Gasteiger partial charge in [-0.3, -0.25) is 5.10 Å². The quantitative estimate of drug-likeness (QED) is 0.771. The Morgan fingerprint density at radius 1 is 1.40 bits per heavy atom. The van der Waals surface area contributed by atoms with Crippen LogP contribution in [0.15, 0.2) is 6.20 Å².